The molecule has 1 aliphatic carbocycles. The number of hydrogen-bond donors (Lipinski definition) is 1. The van der Waals surface area contributed by atoms with Crippen LogP contribution >= 0.6 is 0 Å². The summed E-state index contributed by atoms with van der Waals surface area (Å²) in [6, 6.07) is 12.0. The summed E-state index contributed by atoms with van der Waals surface area (Å²) in [4.78, 5) is 12.6. The zero-order valence-electron chi connectivity index (χ0n) is 11.8. The van der Waals surface area contributed by atoms with Crippen molar-refractivity contribution in [1.29, 1.82) is 0 Å². The molecule has 0 spiro atoms. The zero-order chi connectivity index (χ0) is 14.3. The first-order valence-electron chi connectivity index (χ1n) is 6.98. The fourth-order valence-corrected chi connectivity index (χ4v) is 3.15. The van der Waals surface area contributed by atoms with Gasteiger partial charge in [0, 0.05) is 5.92 Å². The van der Waals surface area contributed by atoms with E-state index in [0.717, 1.165) is 29.5 Å². The lowest BCUT2D eigenvalue weighted by molar-refractivity contribution is 0.0934. The van der Waals surface area contributed by atoms with Crippen molar-refractivity contribution in [1.82, 2.24) is 0 Å². The number of phenols is 1. The van der Waals surface area contributed by atoms with Crippen LogP contribution in [0.2, 0.25) is 0 Å². The maximum Gasteiger partial charge on any atom is 0.170 e. The van der Waals surface area contributed by atoms with Crippen LogP contribution in [0, 0.1) is 19.8 Å². The molecular formula is C18H18O2. The van der Waals surface area contributed by atoms with Gasteiger partial charge in [-0.1, -0.05) is 36.4 Å². The molecule has 0 radical (unpaired) electrons. The van der Waals surface area contributed by atoms with Crippen LogP contribution in [0.5, 0.6) is 5.75 Å². The van der Waals surface area contributed by atoms with Crippen LogP contribution in [-0.2, 0) is 12.8 Å². The molecule has 0 heterocycles. The number of hydrogen-bond acceptors (Lipinski definition) is 2. The molecule has 3 rings (SSSR count). The highest BCUT2D eigenvalue weighted by atomic mass is 16.3. The van der Waals surface area contributed by atoms with Crippen molar-refractivity contribution in [3.05, 3.63) is 64.2 Å². The first-order chi connectivity index (χ1) is 9.58. The van der Waals surface area contributed by atoms with E-state index in [0.29, 0.717) is 5.56 Å². The van der Waals surface area contributed by atoms with Crippen molar-refractivity contribution in [2.75, 3.05) is 0 Å². The molecule has 0 unspecified atom stereocenters. The highest BCUT2D eigenvalue weighted by Gasteiger charge is 2.34. The number of rotatable bonds is 2. The van der Waals surface area contributed by atoms with Gasteiger partial charge in [0.2, 0.25) is 0 Å². The van der Waals surface area contributed by atoms with E-state index in [1.807, 2.05) is 50.2 Å². The van der Waals surface area contributed by atoms with E-state index in [1.54, 1.807) is 0 Å². The van der Waals surface area contributed by atoms with Gasteiger partial charge in [0.1, 0.15) is 5.75 Å². The minimum absolute atomic E-state index is 0.0428. The van der Waals surface area contributed by atoms with Crippen LogP contribution in [0.3, 0.4) is 0 Å². The van der Waals surface area contributed by atoms with Crippen molar-refractivity contribution in [2.45, 2.75) is 26.7 Å². The lowest BCUT2D eigenvalue weighted by Crippen LogP contribution is -2.12. The Hall–Kier alpha value is -2.09. The minimum atomic E-state index is -0.0428. The highest BCUT2D eigenvalue weighted by Crippen LogP contribution is 2.38. The van der Waals surface area contributed by atoms with Crippen molar-refractivity contribution in [3.63, 3.8) is 0 Å². The molecule has 1 aliphatic rings. The largest absolute Gasteiger partial charge is 0.507 e. The first kappa shape index (κ1) is 12.9. The lowest BCUT2D eigenvalue weighted by atomic mass is 9.95. The lowest BCUT2D eigenvalue weighted by Gasteiger charge is -2.08. The fraction of sp³-hybridized carbons (Fsp3) is 0.278. The number of Topliss-reactive ketones (excluding diaryl/α,β-unsaturated/α-hetero) is 1. The molecule has 0 amide bonds. The normalized spacial score (nSPS) is 17.3. The number of carbonyl (C=O) groups is 1. The molecule has 0 aromatic heterocycles. The van der Waals surface area contributed by atoms with Crippen molar-refractivity contribution < 1.29 is 9.90 Å². The molecular weight excluding hydrogens is 248 g/mol. The fourth-order valence-electron chi connectivity index (χ4n) is 3.15. The van der Waals surface area contributed by atoms with Crippen molar-refractivity contribution in [3.8, 4) is 5.75 Å². The van der Waals surface area contributed by atoms with Gasteiger partial charge in [-0.25, -0.2) is 0 Å². The van der Waals surface area contributed by atoms with E-state index in [-0.39, 0.29) is 17.5 Å². The van der Waals surface area contributed by atoms with Gasteiger partial charge in [-0.15, -0.1) is 0 Å². The Morgan fingerprint density at radius 2 is 1.85 bits per heavy atom. The predicted molar refractivity (Wildman–Crippen MR) is 79.3 cm³/mol. The topological polar surface area (TPSA) is 37.3 Å². The van der Waals surface area contributed by atoms with Gasteiger partial charge in [0.15, 0.2) is 5.78 Å². The van der Waals surface area contributed by atoms with Gasteiger partial charge in [-0.3, -0.25) is 4.79 Å². The monoisotopic (exact) mass is 266 g/mol. The van der Waals surface area contributed by atoms with Crippen LogP contribution in [0.1, 0.15) is 32.6 Å². The Kier molecular flexibility index (Phi) is 3.09. The van der Waals surface area contributed by atoms with Crippen LogP contribution < -0.4 is 0 Å². The van der Waals surface area contributed by atoms with Gasteiger partial charge in [0.25, 0.3) is 0 Å². The third kappa shape index (κ3) is 2.01. The third-order valence-corrected chi connectivity index (χ3v) is 4.21. The number of aromatic hydroxyl groups is 1. The van der Waals surface area contributed by atoms with E-state index in [1.165, 1.54) is 5.56 Å². The van der Waals surface area contributed by atoms with E-state index in [2.05, 4.69) is 0 Å². The Labute approximate surface area is 119 Å². The summed E-state index contributed by atoms with van der Waals surface area (Å²) in [5, 5.41) is 10.2. The van der Waals surface area contributed by atoms with E-state index >= 15 is 0 Å². The summed E-state index contributed by atoms with van der Waals surface area (Å²) in [7, 11) is 0. The Bertz CT molecular complexity index is 672. The quantitative estimate of drug-likeness (QED) is 0.901. The molecule has 1 N–H and O–H groups in total. The van der Waals surface area contributed by atoms with E-state index < -0.39 is 0 Å². The van der Waals surface area contributed by atoms with Crippen molar-refractivity contribution in [2.24, 2.45) is 5.92 Å². The number of fused-ring (bicyclic) bond motifs is 1. The Morgan fingerprint density at radius 1 is 1.15 bits per heavy atom. The molecule has 2 nitrogen and oxygen atoms in total. The molecule has 0 bridgehead atoms. The zero-order valence-corrected chi connectivity index (χ0v) is 11.8. The smallest absolute Gasteiger partial charge is 0.170 e. The van der Waals surface area contributed by atoms with Gasteiger partial charge in [-0.2, -0.15) is 0 Å². The summed E-state index contributed by atoms with van der Waals surface area (Å²) in [6.45, 7) is 3.86. The number of phenolic OH excluding ortho intramolecular Hbond substituents is 1. The second-order valence-corrected chi connectivity index (χ2v) is 5.67. The number of ketones is 1. The van der Waals surface area contributed by atoms with Crippen LogP contribution in [0.25, 0.3) is 0 Å². The molecule has 102 valence electrons. The summed E-state index contributed by atoms with van der Waals surface area (Å²) < 4.78 is 0. The van der Waals surface area contributed by atoms with E-state index in [9.17, 15) is 9.90 Å². The minimum Gasteiger partial charge on any atom is -0.507 e. The summed E-state index contributed by atoms with van der Waals surface area (Å²) >= 11 is 0. The van der Waals surface area contributed by atoms with Crippen molar-refractivity contribution >= 4 is 5.78 Å². The Balaban J connectivity index is 1.95. The molecule has 0 fully saturated rings. The molecule has 2 aromatic carbocycles. The number of benzene rings is 2. The van der Waals surface area contributed by atoms with Crippen LogP contribution in [-0.4, -0.2) is 10.9 Å². The average molecular weight is 266 g/mol. The maximum absolute atomic E-state index is 12.6. The predicted octanol–water partition coefficient (Wildman–Crippen LogP) is 3.61. The molecule has 20 heavy (non-hydrogen) atoms. The molecule has 0 aliphatic heterocycles. The average Bonchev–Trinajstić information content (AvgIpc) is 2.76. The summed E-state index contributed by atoms with van der Waals surface area (Å²) in [5.74, 6) is 0.220. The second kappa shape index (κ2) is 4.78. The van der Waals surface area contributed by atoms with Gasteiger partial charge in [-0.05, 0) is 48.9 Å². The maximum atomic E-state index is 12.6. The van der Waals surface area contributed by atoms with Gasteiger partial charge in [0.05, 0.1) is 5.56 Å². The number of aryl methyl sites for hydroxylation is 2. The van der Waals surface area contributed by atoms with Gasteiger partial charge >= 0.3 is 0 Å². The summed E-state index contributed by atoms with van der Waals surface area (Å²) in [5.41, 5.74) is 4.66. The second-order valence-electron chi connectivity index (χ2n) is 5.67. The van der Waals surface area contributed by atoms with Crippen LogP contribution in [0.4, 0.5) is 0 Å². The molecule has 2 heteroatoms. The highest BCUT2D eigenvalue weighted by molar-refractivity contribution is 6.05. The molecule has 1 atom stereocenters. The van der Waals surface area contributed by atoms with Crippen LogP contribution in [0.15, 0.2) is 36.4 Å². The molecule has 2 aromatic rings. The standard InChI is InChI=1S/C18H18O2/c1-11-8-12(2)17(19)16-15(11)10-14(18(16)20)9-13-6-4-3-5-7-13/h3-8,14,19H,9-10H2,1-2H3/t14-/m1/s1. The summed E-state index contributed by atoms with van der Waals surface area (Å²) in [6.07, 6.45) is 1.48. The Morgan fingerprint density at radius 3 is 2.55 bits per heavy atom. The SMILES string of the molecule is Cc1cc(C)c2c(c1O)C(=O)[C@H](Cc1ccccc1)C2. The van der Waals surface area contributed by atoms with E-state index in [4.69, 9.17) is 0 Å². The number of carbonyl (C=O) groups excluding carboxylic acids is 1. The molecule has 0 saturated carbocycles. The molecule has 0 saturated heterocycles. The van der Waals surface area contributed by atoms with Gasteiger partial charge < -0.3 is 5.11 Å². The third-order valence-electron chi connectivity index (χ3n) is 4.21. The first-order valence-corrected chi connectivity index (χ1v) is 6.98.